The van der Waals surface area contributed by atoms with Crippen molar-refractivity contribution in [2.75, 3.05) is 44.7 Å². The van der Waals surface area contributed by atoms with Gasteiger partial charge in [0.1, 0.15) is 5.75 Å². The first kappa shape index (κ1) is 24.3. The van der Waals surface area contributed by atoms with E-state index in [1.54, 1.807) is 11.8 Å². The largest absolute Gasteiger partial charge is 0.495 e. The summed E-state index contributed by atoms with van der Waals surface area (Å²) in [7, 11) is 1.72. The Labute approximate surface area is 216 Å². The van der Waals surface area contributed by atoms with Crippen LogP contribution in [0, 0.1) is 0 Å². The molecule has 1 aliphatic rings. The molecule has 0 unspecified atom stereocenters. The lowest BCUT2D eigenvalue weighted by Gasteiger charge is -2.36. The number of para-hydroxylation sites is 2. The molecule has 1 aromatic heterocycles. The van der Waals surface area contributed by atoms with E-state index in [1.807, 2.05) is 60.7 Å². The van der Waals surface area contributed by atoms with Gasteiger partial charge in [0.25, 0.3) is 5.56 Å². The maximum absolute atomic E-state index is 13.2. The van der Waals surface area contributed by atoms with Crippen LogP contribution in [0.15, 0.2) is 77.6 Å². The average molecular weight is 503 g/mol. The predicted octanol–water partition coefficient (Wildman–Crippen LogP) is 4.86. The Kier molecular flexibility index (Phi) is 7.54. The minimum absolute atomic E-state index is 0.0218. The number of ether oxygens (including phenoxy) is 1. The average Bonchev–Trinajstić information content (AvgIpc) is 2.92. The normalized spacial score (nSPS) is 14.3. The highest BCUT2D eigenvalue weighted by atomic mass is 35.5. The zero-order valence-corrected chi connectivity index (χ0v) is 21.3. The molecule has 4 aromatic rings. The zero-order valence-electron chi connectivity index (χ0n) is 20.6. The lowest BCUT2D eigenvalue weighted by molar-refractivity contribution is 0.247. The van der Waals surface area contributed by atoms with Crippen LogP contribution in [0.1, 0.15) is 17.7 Å². The van der Waals surface area contributed by atoms with Gasteiger partial charge in [-0.3, -0.25) is 9.69 Å². The summed E-state index contributed by atoms with van der Waals surface area (Å²) in [6.07, 6.45) is 1.53. The number of benzene rings is 3. The van der Waals surface area contributed by atoms with Gasteiger partial charge >= 0.3 is 0 Å². The summed E-state index contributed by atoms with van der Waals surface area (Å²) in [4.78, 5) is 18.0. The lowest BCUT2D eigenvalue weighted by atomic mass is 10.0. The number of rotatable bonds is 8. The fraction of sp³-hybridized carbons (Fsp3) is 0.310. The summed E-state index contributed by atoms with van der Waals surface area (Å²) < 4.78 is 7.18. The molecule has 7 heteroatoms. The second-order valence-corrected chi connectivity index (χ2v) is 9.61. The van der Waals surface area contributed by atoms with Crippen molar-refractivity contribution in [3.05, 3.63) is 99.4 Å². The van der Waals surface area contributed by atoms with Crippen molar-refractivity contribution >= 4 is 28.1 Å². The van der Waals surface area contributed by atoms with Gasteiger partial charge in [0, 0.05) is 56.1 Å². The number of halogens is 1. The Bertz CT molecular complexity index is 1380. The van der Waals surface area contributed by atoms with Gasteiger partial charge < -0.3 is 9.64 Å². The third kappa shape index (κ3) is 5.40. The van der Waals surface area contributed by atoms with Crippen molar-refractivity contribution in [3.8, 4) is 5.75 Å². The second kappa shape index (κ2) is 11.1. The summed E-state index contributed by atoms with van der Waals surface area (Å²) in [5.41, 5.74) is 3.17. The molecule has 0 atom stereocenters. The van der Waals surface area contributed by atoms with E-state index in [0.717, 1.165) is 72.6 Å². The van der Waals surface area contributed by atoms with E-state index < -0.39 is 0 Å². The highest BCUT2D eigenvalue weighted by Gasteiger charge is 2.19. The minimum Gasteiger partial charge on any atom is -0.495 e. The summed E-state index contributed by atoms with van der Waals surface area (Å²) >= 11 is 6.06. The number of anilines is 1. The van der Waals surface area contributed by atoms with Gasteiger partial charge in [0.05, 0.1) is 23.9 Å². The molecule has 186 valence electrons. The van der Waals surface area contributed by atoms with Gasteiger partial charge in [-0.15, -0.1) is 0 Å². The van der Waals surface area contributed by atoms with E-state index in [9.17, 15) is 4.79 Å². The van der Waals surface area contributed by atoms with Crippen LogP contribution in [0.4, 0.5) is 5.69 Å². The molecule has 1 saturated heterocycles. The first-order valence-electron chi connectivity index (χ1n) is 12.5. The van der Waals surface area contributed by atoms with Gasteiger partial charge in [0.2, 0.25) is 0 Å². The van der Waals surface area contributed by atoms with E-state index in [2.05, 4.69) is 21.9 Å². The number of aromatic nitrogens is 2. The van der Waals surface area contributed by atoms with Gasteiger partial charge in [-0.2, -0.15) is 5.10 Å². The Morgan fingerprint density at radius 1 is 0.861 bits per heavy atom. The van der Waals surface area contributed by atoms with E-state index in [1.165, 1.54) is 0 Å². The van der Waals surface area contributed by atoms with Crippen LogP contribution in [0.25, 0.3) is 10.8 Å². The van der Waals surface area contributed by atoms with Crippen LogP contribution < -0.4 is 15.2 Å². The Balaban J connectivity index is 1.24. The highest BCUT2D eigenvalue weighted by Crippen LogP contribution is 2.28. The fourth-order valence-electron chi connectivity index (χ4n) is 4.93. The number of hydrogen-bond donors (Lipinski definition) is 0. The van der Waals surface area contributed by atoms with Crippen molar-refractivity contribution in [2.45, 2.75) is 19.4 Å². The maximum Gasteiger partial charge on any atom is 0.274 e. The topological polar surface area (TPSA) is 50.6 Å². The molecule has 1 fully saturated rings. The van der Waals surface area contributed by atoms with Gasteiger partial charge in [0.15, 0.2) is 0 Å². The monoisotopic (exact) mass is 502 g/mol. The molecule has 3 aromatic carbocycles. The third-order valence-corrected chi connectivity index (χ3v) is 7.12. The van der Waals surface area contributed by atoms with Crippen LogP contribution in [-0.4, -0.2) is 54.5 Å². The van der Waals surface area contributed by atoms with Gasteiger partial charge in [-0.25, -0.2) is 4.68 Å². The number of hydrogen-bond acceptors (Lipinski definition) is 5. The summed E-state index contributed by atoms with van der Waals surface area (Å²) in [5.74, 6) is 0.919. The SMILES string of the molecule is COc1ccccc1N1CCN(CCCn2nc(Cc3ccc(Cl)cc3)c3ccccc3c2=O)CC1. The second-order valence-electron chi connectivity index (χ2n) is 9.18. The summed E-state index contributed by atoms with van der Waals surface area (Å²) in [6, 6.07) is 23.8. The first-order chi connectivity index (χ1) is 17.6. The van der Waals surface area contributed by atoms with Gasteiger partial charge in [-0.1, -0.05) is 54.1 Å². The number of nitrogens with zero attached hydrogens (tertiary/aromatic N) is 4. The number of piperazine rings is 1. The number of aryl methyl sites for hydroxylation is 1. The molecule has 0 N–H and O–H groups in total. The predicted molar refractivity (Wildman–Crippen MR) is 147 cm³/mol. The van der Waals surface area contributed by atoms with Crippen LogP contribution in [0.2, 0.25) is 5.02 Å². The van der Waals surface area contributed by atoms with Crippen molar-refractivity contribution in [1.29, 1.82) is 0 Å². The van der Waals surface area contributed by atoms with Crippen molar-refractivity contribution < 1.29 is 4.74 Å². The molecular formula is C29H31ClN4O2. The maximum atomic E-state index is 13.2. The van der Waals surface area contributed by atoms with Crippen LogP contribution >= 0.6 is 11.6 Å². The Morgan fingerprint density at radius 3 is 2.31 bits per heavy atom. The first-order valence-corrected chi connectivity index (χ1v) is 12.8. The molecule has 0 saturated carbocycles. The summed E-state index contributed by atoms with van der Waals surface area (Å²) in [5, 5.41) is 7.16. The van der Waals surface area contributed by atoms with Crippen molar-refractivity contribution in [1.82, 2.24) is 14.7 Å². The fourth-order valence-corrected chi connectivity index (χ4v) is 5.06. The smallest absolute Gasteiger partial charge is 0.274 e. The molecule has 0 spiro atoms. The van der Waals surface area contributed by atoms with Crippen molar-refractivity contribution in [3.63, 3.8) is 0 Å². The van der Waals surface area contributed by atoms with Crippen LogP contribution in [0.3, 0.4) is 0 Å². The third-order valence-electron chi connectivity index (χ3n) is 6.87. The molecule has 1 aliphatic heterocycles. The summed E-state index contributed by atoms with van der Waals surface area (Å²) in [6.45, 7) is 5.43. The molecule has 5 rings (SSSR count). The van der Waals surface area contributed by atoms with E-state index in [4.69, 9.17) is 21.4 Å². The van der Waals surface area contributed by atoms with E-state index in [0.29, 0.717) is 18.0 Å². The molecule has 6 nitrogen and oxygen atoms in total. The lowest BCUT2D eigenvalue weighted by Crippen LogP contribution is -2.47. The molecule has 36 heavy (non-hydrogen) atoms. The molecule has 0 amide bonds. The zero-order chi connectivity index (χ0) is 24.9. The standard InChI is InChI=1S/C29H31ClN4O2/c1-36-28-10-5-4-9-27(28)33-19-17-32(18-20-33)15-6-16-34-29(35)25-8-3-2-7-24(25)26(31-34)21-22-11-13-23(30)14-12-22/h2-5,7-14H,6,15-21H2,1H3. The Morgan fingerprint density at radius 2 is 1.56 bits per heavy atom. The number of methoxy groups -OCH3 is 1. The van der Waals surface area contributed by atoms with E-state index in [-0.39, 0.29) is 5.56 Å². The molecule has 0 aliphatic carbocycles. The quantitative estimate of drug-likeness (QED) is 0.344. The Hall–Kier alpha value is -3.35. The minimum atomic E-state index is -0.0218. The molecule has 0 radical (unpaired) electrons. The molecular weight excluding hydrogens is 472 g/mol. The van der Waals surface area contributed by atoms with Crippen molar-refractivity contribution in [2.24, 2.45) is 0 Å². The van der Waals surface area contributed by atoms with Gasteiger partial charge in [-0.05, 0) is 42.3 Å². The van der Waals surface area contributed by atoms with Crippen LogP contribution in [-0.2, 0) is 13.0 Å². The van der Waals surface area contributed by atoms with Crippen LogP contribution in [0.5, 0.6) is 5.75 Å². The highest BCUT2D eigenvalue weighted by molar-refractivity contribution is 6.30. The number of fused-ring (bicyclic) bond motifs is 1. The molecule has 0 bridgehead atoms. The van der Waals surface area contributed by atoms with E-state index >= 15 is 0 Å². The molecule has 2 heterocycles.